The van der Waals surface area contributed by atoms with E-state index in [9.17, 15) is 0 Å². The van der Waals surface area contributed by atoms with Gasteiger partial charge in [0.25, 0.3) is 0 Å². The monoisotopic (exact) mass is 166 g/mol. The van der Waals surface area contributed by atoms with Crippen molar-refractivity contribution in [1.82, 2.24) is 0 Å². The van der Waals surface area contributed by atoms with Gasteiger partial charge in [-0.1, -0.05) is 0 Å². The molecule has 6 N–H and O–H groups in total. The van der Waals surface area contributed by atoms with Gasteiger partial charge in [-0.3, -0.25) is 0 Å². The zero-order valence-electron chi connectivity index (χ0n) is 6.44. The van der Waals surface area contributed by atoms with Gasteiger partial charge in [-0.15, -0.1) is 0 Å². The number of aliphatic hydroxyl groups is 3. The second kappa shape index (κ2) is 6.51. The van der Waals surface area contributed by atoms with Crippen molar-refractivity contribution in [2.45, 2.75) is 12.2 Å². The van der Waals surface area contributed by atoms with Crippen LogP contribution in [0.25, 0.3) is 0 Å². The van der Waals surface area contributed by atoms with Crippen molar-refractivity contribution in [2.75, 3.05) is 26.4 Å². The van der Waals surface area contributed by atoms with E-state index in [1.807, 2.05) is 0 Å². The Balaban J connectivity index is 3.34. The maximum atomic E-state index is 8.82. The lowest BCUT2D eigenvalue weighted by molar-refractivity contribution is -0.388. The molecule has 0 rings (SSSR count). The summed E-state index contributed by atoms with van der Waals surface area (Å²) in [6.07, 6.45) is -1.20. The zero-order valence-corrected chi connectivity index (χ0v) is 6.44. The fourth-order valence-electron chi connectivity index (χ4n) is 0.527. The van der Waals surface area contributed by atoms with Gasteiger partial charge in [0.1, 0.15) is 18.8 Å². The summed E-state index contributed by atoms with van der Waals surface area (Å²) >= 11 is 0. The Labute approximate surface area is 65.4 Å². The van der Waals surface area contributed by atoms with E-state index in [0.717, 1.165) is 0 Å². The van der Waals surface area contributed by atoms with Crippen LogP contribution in [0.3, 0.4) is 0 Å². The molecule has 0 radical (unpaired) electrons. The Morgan fingerprint density at radius 1 is 1.27 bits per heavy atom. The first-order valence-electron chi connectivity index (χ1n) is 3.55. The molecule has 0 aliphatic heterocycles. The highest BCUT2D eigenvalue weighted by molar-refractivity contribution is 4.55. The summed E-state index contributed by atoms with van der Waals surface area (Å²) in [6, 6.07) is 0. The van der Waals surface area contributed by atoms with Gasteiger partial charge in [-0.05, 0) is 0 Å². The summed E-state index contributed by atoms with van der Waals surface area (Å²) in [5.74, 6) is 0. The highest BCUT2D eigenvalue weighted by Gasteiger charge is 2.09. The number of hydrogen-bond acceptors (Lipinski definition) is 4. The third kappa shape index (κ3) is 5.11. The van der Waals surface area contributed by atoms with Crippen LogP contribution in [0, 0.1) is 0 Å². The molecule has 0 aromatic rings. The molecular formula is C6H16NO4+. The number of rotatable bonds is 6. The summed E-state index contributed by atoms with van der Waals surface area (Å²) in [5.41, 5.74) is 3.53. The molecule has 0 aromatic heterocycles. The number of aliphatic hydroxyl groups excluding tert-OH is 3. The molecule has 5 heteroatoms. The third-order valence-corrected chi connectivity index (χ3v) is 1.26. The van der Waals surface area contributed by atoms with Gasteiger partial charge < -0.3 is 25.8 Å². The molecule has 11 heavy (non-hydrogen) atoms. The number of ether oxygens (including phenoxy) is 1. The standard InChI is InChI=1S/C6H15NO4/c7-1-6(3-9)11-4-5(10)2-8/h5-6,8-10H,1-4,7H2/p+1. The van der Waals surface area contributed by atoms with E-state index in [-0.39, 0.29) is 25.9 Å². The Morgan fingerprint density at radius 2 is 1.91 bits per heavy atom. The van der Waals surface area contributed by atoms with Crippen LogP contribution in [0.1, 0.15) is 0 Å². The van der Waals surface area contributed by atoms with Gasteiger partial charge in [0.2, 0.25) is 0 Å². The molecule has 68 valence electrons. The van der Waals surface area contributed by atoms with Crippen molar-refractivity contribution in [3.05, 3.63) is 0 Å². The summed E-state index contributed by atoms with van der Waals surface area (Å²) in [7, 11) is 0. The van der Waals surface area contributed by atoms with Crippen molar-refractivity contribution >= 4 is 0 Å². The Morgan fingerprint density at radius 3 is 2.27 bits per heavy atom. The minimum atomic E-state index is -0.865. The molecule has 0 saturated carbocycles. The zero-order chi connectivity index (χ0) is 8.69. The minimum absolute atomic E-state index is 0.0389. The van der Waals surface area contributed by atoms with Crippen LogP contribution >= 0.6 is 0 Å². The molecule has 0 fully saturated rings. The summed E-state index contributed by atoms with van der Waals surface area (Å²) in [6.45, 7) is 0.0584. The first-order valence-corrected chi connectivity index (χ1v) is 3.55. The van der Waals surface area contributed by atoms with Crippen LogP contribution in [-0.4, -0.2) is 53.9 Å². The second-order valence-electron chi connectivity index (χ2n) is 2.26. The van der Waals surface area contributed by atoms with Gasteiger partial charge in [-0.2, -0.15) is 0 Å². The van der Waals surface area contributed by atoms with E-state index >= 15 is 0 Å². The van der Waals surface area contributed by atoms with E-state index in [0.29, 0.717) is 6.54 Å². The van der Waals surface area contributed by atoms with Crippen LogP contribution in [-0.2, 0) is 4.74 Å². The molecule has 0 amide bonds. The molecule has 2 atom stereocenters. The Bertz CT molecular complexity index is 86.7. The lowest BCUT2D eigenvalue weighted by Crippen LogP contribution is -2.57. The first-order chi connectivity index (χ1) is 5.24. The van der Waals surface area contributed by atoms with Gasteiger partial charge in [-0.25, -0.2) is 0 Å². The lowest BCUT2D eigenvalue weighted by atomic mass is 10.3. The van der Waals surface area contributed by atoms with Crippen LogP contribution in [0.2, 0.25) is 0 Å². The van der Waals surface area contributed by atoms with Gasteiger partial charge in [0, 0.05) is 0 Å². The average molecular weight is 166 g/mol. The highest BCUT2D eigenvalue weighted by Crippen LogP contribution is 1.90. The van der Waals surface area contributed by atoms with E-state index in [2.05, 4.69) is 5.73 Å². The van der Waals surface area contributed by atoms with Gasteiger partial charge in [0.15, 0.2) is 0 Å². The smallest absolute Gasteiger partial charge is 0.129 e. The predicted octanol–water partition coefficient (Wildman–Crippen LogP) is -3.04. The Kier molecular flexibility index (Phi) is 6.39. The first kappa shape index (κ1) is 10.8. The van der Waals surface area contributed by atoms with E-state index in [4.69, 9.17) is 20.1 Å². The molecule has 0 bridgehead atoms. The SMILES string of the molecule is [NH3+]CC(CO)OCC(O)CO. The number of hydrogen-bond donors (Lipinski definition) is 4. The lowest BCUT2D eigenvalue weighted by Gasteiger charge is -2.13. The quantitative estimate of drug-likeness (QED) is 0.337. The van der Waals surface area contributed by atoms with Crippen molar-refractivity contribution in [3.8, 4) is 0 Å². The second-order valence-corrected chi connectivity index (χ2v) is 2.26. The molecule has 0 saturated heterocycles. The molecular weight excluding hydrogens is 150 g/mol. The summed E-state index contributed by atoms with van der Waals surface area (Å²) < 4.78 is 4.97. The van der Waals surface area contributed by atoms with Crippen LogP contribution in [0.15, 0.2) is 0 Å². The summed E-state index contributed by atoms with van der Waals surface area (Å²) in [4.78, 5) is 0. The minimum Gasteiger partial charge on any atom is -0.394 e. The molecule has 2 unspecified atom stereocenters. The average Bonchev–Trinajstić information content (AvgIpc) is 2.06. The maximum absolute atomic E-state index is 8.82. The van der Waals surface area contributed by atoms with Crippen LogP contribution in [0.4, 0.5) is 0 Å². The molecule has 5 nitrogen and oxygen atoms in total. The fourth-order valence-corrected chi connectivity index (χ4v) is 0.527. The normalized spacial score (nSPS) is 16.4. The highest BCUT2D eigenvalue weighted by atomic mass is 16.5. The topological polar surface area (TPSA) is 97.6 Å². The van der Waals surface area contributed by atoms with Gasteiger partial charge >= 0.3 is 0 Å². The molecule has 0 spiro atoms. The van der Waals surface area contributed by atoms with E-state index < -0.39 is 6.10 Å². The Hall–Kier alpha value is -0.200. The molecule has 0 aliphatic carbocycles. The molecule has 0 heterocycles. The van der Waals surface area contributed by atoms with Crippen LogP contribution in [0.5, 0.6) is 0 Å². The summed E-state index contributed by atoms with van der Waals surface area (Å²) in [5, 5.41) is 25.8. The molecule has 0 aromatic carbocycles. The van der Waals surface area contributed by atoms with Crippen molar-refractivity contribution < 1.29 is 25.8 Å². The largest absolute Gasteiger partial charge is 0.394 e. The maximum Gasteiger partial charge on any atom is 0.129 e. The molecule has 0 aliphatic rings. The predicted molar refractivity (Wildman–Crippen MR) is 37.7 cm³/mol. The van der Waals surface area contributed by atoms with Crippen molar-refractivity contribution in [3.63, 3.8) is 0 Å². The van der Waals surface area contributed by atoms with Crippen LogP contribution < -0.4 is 5.73 Å². The van der Waals surface area contributed by atoms with E-state index in [1.165, 1.54) is 0 Å². The van der Waals surface area contributed by atoms with Crippen molar-refractivity contribution in [2.24, 2.45) is 0 Å². The van der Waals surface area contributed by atoms with E-state index in [1.54, 1.807) is 0 Å². The fraction of sp³-hybridized carbons (Fsp3) is 1.00. The van der Waals surface area contributed by atoms with Gasteiger partial charge in [0.05, 0.1) is 19.8 Å². The van der Waals surface area contributed by atoms with Crippen molar-refractivity contribution in [1.29, 1.82) is 0 Å². The number of quaternary nitrogens is 1. The third-order valence-electron chi connectivity index (χ3n) is 1.26.